The Morgan fingerprint density at radius 3 is 2.81 bits per heavy atom. The number of pyridine rings is 1. The van der Waals surface area contributed by atoms with Gasteiger partial charge < -0.3 is 10.1 Å². The zero-order valence-electron chi connectivity index (χ0n) is 12.8. The van der Waals surface area contributed by atoms with E-state index in [2.05, 4.69) is 24.1 Å². The number of halogens is 2. The van der Waals surface area contributed by atoms with Crippen LogP contribution < -0.4 is 10.1 Å². The molecule has 1 aromatic rings. The van der Waals surface area contributed by atoms with Crippen LogP contribution in [0.4, 0.5) is 5.82 Å². The van der Waals surface area contributed by atoms with Crippen molar-refractivity contribution in [2.45, 2.75) is 58.5 Å². The second kappa shape index (κ2) is 8.09. The molecule has 1 fully saturated rings. The predicted molar refractivity (Wildman–Crippen MR) is 89.7 cm³/mol. The highest BCUT2D eigenvalue weighted by atomic mass is 35.5. The molecule has 0 amide bonds. The van der Waals surface area contributed by atoms with Crippen molar-refractivity contribution in [3.05, 3.63) is 16.1 Å². The first-order chi connectivity index (χ1) is 10.1. The summed E-state index contributed by atoms with van der Waals surface area (Å²) in [4.78, 5) is 4.46. The molecule has 2 rings (SSSR count). The van der Waals surface area contributed by atoms with E-state index < -0.39 is 0 Å². The van der Waals surface area contributed by atoms with Gasteiger partial charge in [-0.1, -0.05) is 49.9 Å². The van der Waals surface area contributed by atoms with Crippen LogP contribution in [-0.4, -0.2) is 17.6 Å². The molecule has 1 aliphatic rings. The average molecular weight is 331 g/mol. The molecular formula is C16H24Cl2N2O. The van der Waals surface area contributed by atoms with Crippen molar-refractivity contribution >= 4 is 29.0 Å². The molecule has 0 aliphatic heterocycles. The molecule has 3 nitrogen and oxygen atoms in total. The molecular weight excluding hydrogens is 307 g/mol. The SMILES string of the molecule is CCCNc1nc(OC2CCCC(CC)C2)c(Cl)cc1Cl. The first-order valence-corrected chi connectivity index (χ1v) is 8.66. The first-order valence-electron chi connectivity index (χ1n) is 7.90. The van der Waals surface area contributed by atoms with Gasteiger partial charge in [-0.3, -0.25) is 0 Å². The monoisotopic (exact) mass is 330 g/mol. The van der Waals surface area contributed by atoms with Gasteiger partial charge in [0.25, 0.3) is 0 Å². The van der Waals surface area contributed by atoms with Gasteiger partial charge in [0, 0.05) is 6.54 Å². The van der Waals surface area contributed by atoms with E-state index in [1.807, 2.05) is 0 Å². The molecule has 1 heterocycles. The highest BCUT2D eigenvalue weighted by Gasteiger charge is 2.23. The number of rotatable bonds is 6. The van der Waals surface area contributed by atoms with Crippen molar-refractivity contribution in [2.75, 3.05) is 11.9 Å². The summed E-state index contributed by atoms with van der Waals surface area (Å²) in [5.41, 5.74) is 0. The largest absolute Gasteiger partial charge is 0.473 e. The van der Waals surface area contributed by atoms with Gasteiger partial charge >= 0.3 is 0 Å². The van der Waals surface area contributed by atoms with E-state index in [1.54, 1.807) is 6.07 Å². The lowest BCUT2D eigenvalue weighted by atomic mass is 9.85. The summed E-state index contributed by atoms with van der Waals surface area (Å²) < 4.78 is 6.05. The Hall–Kier alpha value is -0.670. The van der Waals surface area contributed by atoms with Crippen LogP contribution in [0.5, 0.6) is 5.88 Å². The summed E-state index contributed by atoms with van der Waals surface area (Å²) in [6.07, 6.45) is 7.14. The van der Waals surface area contributed by atoms with E-state index in [0.717, 1.165) is 31.7 Å². The van der Waals surface area contributed by atoms with Gasteiger partial charge in [0.15, 0.2) is 0 Å². The lowest BCUT2D eigenvalue weighted by Gasteiger charge is -2.28. The number of aromatic nitrogens is 1. The number of ether oxygens (including phenoxy) is 1. The smallest absolute Gasteiger partial charge is 0.234 e. The van der Waals surface area contributed by atoms with Gasteiger partial charge in [0.2, 0.25) is 5.88 Å². The average Bonchev–Trinajstić information content (AvgIpc) is 2.49. The third kappa shape index (κ3) is 4.65. The second-order valence-electron chi connectivity index (χ2n) is 5.71. The maximum absolute atomic E-state index is 6.23. The number of hydrogen-bond acceptors (Lipinski definition) is 3. The molecule has 1 saturated carbocycles. The van der Waals surface area contributed by atoms with Gasteiger partial charge in [-0.15, -0.1) is 0 Å². The van der Waals surface area contributed by atoms with E-state index >= 15 is 0 Å². The second-order valence-corrected chi connectivity index (χ2v) is 6.53. The maximum Gasteiger partial charge on any atom is 0.234 e. The molecule has 1 aliphatic carbocycles. The minimum absolute atomic E-state index is 0.217. The third-order valence-corrected chi connectivity index (χ3v) is 4.59. The van der Waals surface area contributed by atoms with Crippen LogP contribution in [0.3, 0.4) is 0 Å². The zero-order chi connectivity index (χ0) is 15.2. The quantitative estimate of drug-likeness (QED) is 0.741. The number of nitrogens with one attached hydrogen (secondary N) is 1. The Bertz CT molecular complexity index is 468. The maximum atomic E-state index is 6.23. The molecule has 2 unspecified atom stereocenters. The van der Waals surface area contributed by atoms with Crippen molar-refractivity contribution in [1.82, 2.24) is 4.98 Å². The summed E-state index contributed by atoms with van der Waals surface area (Å²) >= 11 is 12.4. The Balaban J connectivity index is 2.07. The Morgan fingerprint density at radius 1 is 1.29 bits per heavy atom. The molecule has 0 saturated heterocycles. The van der Waals surface area contributed by atoms with Crippen LogP contribution in [0.15, 0.2) is 6.07 Å². The van der Waals surface area contributed by atoms with Crippen LogP contribution in [0, 0.1) is 5.92 Å². The standard InChI is InChI=1S/C16H24Cl2N2O/c1-3-8-19-15-13(17)10-14(18)16(20-15)21-12-7-5-6-11(4-2)9-12/h10-12H,3-9H2,1-2H3,(H,19,20). The van der Waals surface area contributed by atoms with Crippen LogP contribution in [0.1, 0.15) is 52.4 Å². The van der Waals surface area contributed by atoms with Crippen LogP contribution >= 0.6 is 23.2 Å². The lowest BCUT2D eigenvalue weighted by Crippen LogP contribution is -2.25. The highest BCUT2D eigenvalue weighted by Crippen LogP contribution is 2.34. The topological polar surface area (TPSA) is 34.2 Å². The van der Waals surface area contributed by atoms with Gasteiger partial charge in [-0.05, 0) is 37.7 Å². The Labute approximate surface area is 137 Å². The van der Waals surface area contributed by atoms with Crippen LogP contribution in [0.25, 0.3) is 0 Å². The molecule has 1 aromatic heterocycles. The molecule has 0 aromatic carbocycles. The van der Waals surface area contributed by atoms with Crippen molar-refractivity contribution < 1.29 is 4.74 Å². The molecule has 1 N–H and O–H groups in total. The highest BCUT2D eigenvalue weighted by molar-refractivity contribution is 6.36. The fourth-order valence-corrected chi connectivity index (χ4v) is 3.25. The summed E-state index contributed by atoms with van der Waals surface area (Å²) in [5, 5.41) is 4.23. The van der Waals surface area contributed by atoms with E-state index in [0.29, 0.717) is 21.7 Å². The fraction of sp³-hybridized carbons (Fsp3) is 0.688. The third-order valence-electron chi connectivity index (χ3n) is 4.03. The Kier molecular flexibility index (Phi) is 6.43. The minimum atomic E-state index is 0.217. The summed E-state index contributed by atoms with van der Waals surface area (Å²) in [5.74, 6) is 1.91. The molecule has 21 heavy (non-hydrogen) atoms. The van der Waals surface area contributed by atoms with Crippen molar-refractivity contribution in [2.24, 2.45) is 5.92 Å². The van der Waals surface area contributed by atoms with Gasteiger partial charge in [-0.25, -0.2) is 0 Å². The van der Waals surface area contributed by atoms with Crippen LogP contribution in [0.2, 0.25) is 10.0 Å². The van der Waals surface area contributed by atoms with E-state index in [-0.39, 0.29) is 6.10 Å². The molecule has 0 spiro atoms. The number of hydrogen-bond donors (Lipinski definition) is 1. The Morgan fingerprint density at radius 2 is 2.10 bits per heavy atom. The molecule has 0 bridgehead atoms. The van der Waals surface area contributed by atoms with E-state index in [1.165, 1.54) is 19.3 Å². The molecule has 5 heteroatoms. The van der Waals surface area contributed by atoms with Crippen molar-refractivity contribution in [3.8, 4) is 5.88 Å². The van der Waals surface area contributed by atoms with Gasteiger partial charge in [0.1, 0.15) is 16.9 Å². The first kappa shape index (κ1) is 16.7. The van der Waals surface area contributed by atoms with Gasteiger partial charge in [-0.2, -0.15) is 4.98 Å². The molecule has 2 atom stereocenters. The van der Waals surface area contributed by atoms with E-state index in [4.69, 9.17) is 27.9 Å². The molecule has 0 radical (unpaired) electrons. The van der Waals surface area contributed by atoms with Crippen LogP contribution in [-0.2, 0) is 0 Å². The number of nitrogens with zero attached hydrogens (tertiary/aromatic N) is 1. The summed E-state index contributed by atoms with van der Waals surface area (Å²) in [7, 11) is 0. The predicted octanol–water partition coefficient (Wildman–Crippen LogP) is 5.56. The lowest BCUT2D eigenvalue weighted by molar-refractivity contribution is 0.117. The van der Waals surface area contributed by atoms with Crippen molar-refractivity contribution in [1.29, 1.82) is 0 Å². The fourth-order valence-electron chi connectivity index (χ4n) is 2.78. The normalized spacial score (nSPS) is 22.1. The number of anilines is 1. The van der Waals surface area contributed by atoms with Crippen molar-refractivity contribution in [3.63, 3.8) is 0 Å². The minimum Gasteiger partial charge on any atom is -0.473 e. The summed E-state index contributed by atoms with van der Waals surface area (Å²) in [6, 6.07) is 1.71. The van der Waals surface area contributed by atoms with E-state index in [9.17, 15) is 0 Å². The zero-order valence-corrected chi connectivity index (χ0v) is 14.3. The summed E-state index contributed by atoms with van der Waals surface area (Å²) in [6.45, 7) is 5.17. The van der Waals surface area contributed by atoms with Gasteiger partial charge in [0.05, 0.1) is 5.02 Å². The molecule has 118 valence electrons.